The minimum Gasteiger partial charge on any atom is -0.427 e. The minimum absolute atomic E-state index is 0.233. The van der Waals surface area contributed by atoms with Gasteiger partial charge in [0.1, 0.15) is 10.8 Å². The fraction of sp³-hybridized carbons (Fsp3) is 0.0625. The highest BCUT2D eigenvalue weighted by Gasteiger charge is 2.07. The van der Waals surface area contributed by atoms with E-state index in [0.29, 0.717) is 16.1 Å². The van der Waals surface area contributed by atoms with Gasteiger partial charge >= 0.3 is 5.97 Å². The third kappa shape index (κ3) is 2.83. The monoisotopic (exact) mass is 297 g/mol. The summed E-state index contributed by atoms with van der Waals surface area (Å²) in [6.45, 7) is 1.35. The van der Waals surface area contributed by atoms with E-state index in [2.05, 4.69) is 4.98 Å². The van der Waals surface area contributed by atoms with Crippen LogP contribution in [0, 0.1) is 0 Å². The molecule has 0 N–H and O–H groups in total. The lowest BCUT2D eigenvalue weighted by Crippen LogP contribution is -2.05. The molecule has 0 unspecified atom stereocenters. The summed E-state index contributed by atoms with van der Waals surface area (Å²) < 4.78 is 5.88. The van der Waals surface area contributed by atoms with Crippen LogP contribution in [0.25, 0.3) is 20.7 Å². The van der Waals surface area contributed by atoms with Crippen molar-refractivity contribution in [3.63, 3.8) is 0 Å². The van der Waals surface area contributed by atoms with Crippen LogP contribution in [0.1, 0.15) is 6.92 Å². The molecule has 21 heavy (non-hydrogen) atoms. The van der Waals surface area contributed by atoms with Crippen LogP contribution in [0.3, 0.4) is 0 Å². The van der Waals surface area contributed by atoms with Crippen molar-refractivity contribution < 1.29 is 9.53 Å². The zero-order chi connectivity index (χ0) is 14.8. The second-order valence-electron chi connectivity index (χ2n) is 4.44. The van der Waals surface area contributed by atoms with Crippen LogP contribution in [0.4, 0.5) is 0 Å². The van der Waals surface area contributed by atoms with Crippen LogP contribution in [-0.4, -0.2) is 11.0 Å². The van der Waals surface area contributed by atoms with Gasteiger partial charge in [-0.15, -0.1) is 11.3 Å². The van der Waals surface area contributed by atoms with Gasteiger partial charge < -0.3 is 4.74 Å². The van der Waals surface area contributed by atoms with Crippen LogP contribution in [0.5, 0.6) is 5.75 Å². The summed E-state index contributed by atoms with van der Waals surface area (Å²) in [7, 11) is 0. The van der Waals surface area contributed by atoms with E-state index in [1.165, 1.54) is 18.3 Å². The van der Waals surface area contributed by atoms with Gasteiger partial charge in [-0.05, 0) is 36.4 Å². The average Bonchev–Trinajstić information content (AvgIpc) is 2.47. The Morgan fingerprint density at radius 3 is 2.52 bits per heavy atom. The van der Waals surface area contributed by atoms with Crippen molar-refractivity contribution in [2.75, 3.05) is 0 Å². The Morgan fingerprint density at radius 1 is 1.10 bits per heavy atom. The highest BCUT2D eigenvalue weighted by atomic mass is 32.1. The Labute approximate surface area is 124 Å². The van der Waals surface area contributed by atoms with E-state index < -0.39 is 0 Å². The molecule has 0 saturated carbocycles. The predicted octanol–water partition coefficient (Wildman–Crippen LogP) is 3.25. The Kier molecular flexibility index (Phi) is 3.50. The molecule has 0 aliphatic carbocycles. The van der Waals surface area contributed by atoms with Gasteiger partial charge in [-0.1, -0.05) is 12.1 Å². The average molecular weight is 297 g/mol. The van der Waals surface area contributed by atoms with Crippen LogP contribution in [-0.2, 0) is 4.79 Å². The molecule has 0 aliphatic rings. The maximum absolute atomic E-state index is 12.0. The first-order valence-electron chi connectivity index (χ1n) is 6.32. The van der Waals surface area contributed by atoms with Crippen LogP contribution in [0.15, 0.2) is 53.3 Å². The number of carbonyl (C=O) groups excluding carboxylic acids is 1. The summed E-state index contributed by atoms with van der Waals surface area (Å²) in [4.78, 5) is 27.0. The Balaban J connectivity index is 2.04. The number of hydrogen-bond acceptors (Lipinski definition) is 5. The first kappa shape index (κ1) is 13.5. The van der Waals surface area contributed by atoms with Crippen LogP contribution in [0.2, 0.25) is 0 Å². The number of nitrogens with zero attached hydrogens (tertiary/aromatic N) is 1. The highest BCUT2D eigenvalue weighted by molar-refractivity contribution is 7.21. The Bertz CT molecular complexity index is 869. The summed E-state index contributed by atoms with van der Waals surface area (Å²) in [6, 6.07) is 14.3. The van der Waals surface area contributed by atoms with Gasteiger partial charge in [0.05, 0.1) is 5.39 Å². The Hall–Kier alpha value is -2.53. The largest absolute Gasteiger partial charge is 0.427 e. The zero-order valence-electron chi connectivity index (χ0n) is 11.2. The molecule has 1 heterocycles. The van der Waals surface area contributed by atoms with Crippen molar-refractivity contribution in [1.29, 1.82) is 0 Å². The number of rotatable bonds is 2. The molecule has 104 valence electrons. The fourth-order valence-corrected chi connectivity index (χ4v) is 2.97. The molecule has 0 bridgehead atoms. The predicted molar refractivity (Wildman–Crippen MR) is 82.6 cm³/mol. The second-order valence-corrected chi connectivity index (χ2v) is 5.47. The molecule has 0 atom stereocenters. The van der Waals surface area contributed by atoms with Gasteiger partial charge in [-0.2, -0.15) is 4.98 Å². The van der Waals surface area contributed by atoms with Crippen LogP contribution >= 0.6 is 11.3 Å². The maximum atomic E-state index is 12.0. The molecule has 3 aromatic rings. The molecule has 0 radical (unpaired) electrons. The third-order valence-corrected chi connectivity index (χ3v) is 3.99. The van der Waals surface area contributed by atoms with Gasteiger partial charge in [0, 0.05) is 17.2 Å². The molecule has 0 spiro atoms. The maximum Gasteiger partial charge on any atom is 0.308 e. The molecule has 0 saturated heterocycles. The molecule has 3 rings (SSSR count). The van der Waals surface area contributed by atoms with Gasteiger partial charge in [-0.3, -0.25) is 9.59 Å². The van der Waals surface area contributed by atoms with Gasteiger partial charge in [0.15, 0.2) is 0 Å². The summed E-state index contributed by atoms with van der Waals surface area (Å²) in [5.74, 6) is 0.107. The van der Waals surface area contributed by atoms with E-state index in [-0.39, 0.29) is 11.5 Å². The SMILES string of the molecule is CC(=O)Oc1ccc(-c2nc(=O)c3ccccc3s2)cc1. The number of carbonyl (C=O) groups is 1. The molecule has 1 aromatic heterocycles. The number of aromatic nitrogens is 1. The number of esters is 1. The second kappa shape index (κ2) is 5.46. The van der Waals surface area contributed by atoms with Crippen molar-refractivity contribution in [2.24, 2.45) is 0 Å². The first-order chi connectivity index (χ1) is 10.1. The van der Waals surface area contributed by atoms with E-state index in [9.17, 15) is 9.59 Å². The lowest BCUT2D eigenvalue weighted by Gasteiger charge is -2.04. The van der Waals surface area contributed by atoms with Gasteiger partial charge in [0.25, 0.3) is 5.56 Å². The molecule has 0 amide bonds. The van der Waals surface area contributed by atoms with Crippen molar-refractivity contribution >= 4 is 27.4 Å². The van der Waals surface area contributed by atoms with Gasteiger partial charge in [0.2, 0.25) is 0 Å². The van der Waals surface area contributed by atoms with Crippen LogP contribution < -0.4 is 10.3 Å². The van der Waals surface area contributed by atoms with E-state index in [1.807, 2.05) is 18.2 Å². The van der Waals surface area contributed by atoms with Gasteiger partial charge in [-0.25, -0.2) is 0 Å². The van der Waals surface area contributed by atoms with E-state index >= 15 is 0 Å². The molecule has 5 heteroatoms. The van der Waals surface area contributed by atoms with Crippen molar-refractivity contribution in [2.45, 2.75) is 6.92 Å². The number of benzene rings is 2. The molecule has 4 nitrogen and oxygen atoms in total. The topological polar surface area (TPSA) is 56.3 Å². The molecule has 0 aliphatic heterocycles. The standard InChI is InChI=1S/C16H11NO3S/c1-10(18)20-12-8-6-11(7-9-12)16-17-15(19)13-4-2-3-5-14(13)21-16/h2-9H,1H3. The zero-order valence-corrected chi connectivity index (χ0v) is 12.0. The van der Waals surface area contributed by atoms with E-state index in [0.717, 1.165) is 10.3 Å². The summed E-state index contributed by atoms with van der Waals surface area (Å²) in [5, 5.41) is 1.27. The van der Waals surface area contributed by atoms with Crippen molar-refractivity contribution in [3.8, 4) is 16.3 Å². The molecule has 0 fully saturated rings. The minimum atomic E-state index is -0.365. The number of fused-ring (bicyclic) bond motifs is 1. The Morgan fingerprint density at radius 2 is 1.81 bits per heavy atom. The lowest BCUT2D eigenvalue weighted by atomic mass is 10.2. The van der Waals surface area contributed by atoms with Crippen molar-refractivity contribution in [3.05, 3.63) is 58.9 Å². The number of ether oxygens (including phenoxy) is 1. The van der Waals surface area contributed by atoms with E-state index in [1.54, 1.807) is 30.3 Å². The van der Waals surface area contributed by atoms with E-state index in [4.69, 9.17) is 4.74 Å². The normalized spacial score (nSPS) is 10.5. The molecular weight excluding hydrogens is 286 g/mol. The third-order valence-electron chi connectivity index (χ3n) is 2.89. The fourth-order valence-electron chi connectivity index (χ4n) is 1.97. The number of hydrogen-bond donors (Lipinski definition) is 0. The summed E-state index contributed by atoms with van der Waals surface area (Å²) in [5.41, 5.74) is 0.585. The molecular formula is C16H11NO3S. The van der Waals surface area contributed by atoms with Crippen molar-refractivity contribution in [1.82, 2.24) is 4.98 Å². The first-order valence-corrected chi connectivity index (χ1v) is 7.14. The summed E-state index contributed by atoms with van der Waals surface area (Å²) >= 11 is 1.46. The smallest absolute Gasteiger partial charge is 0.308 e. The quantitative estimate of drug-likeness (QED) is 0.538. The molecule has 2 aromatic carbocycles. The summed E-state index contributed by atoms with van der Waals surface area (Å²) in [6.07, 6.45) is 0. The lowest BCUT2D eigenvalue weighted by molar-refractivity contribution is -0.131. The highest BCUT2D eigenvalue weighted by Crippen LogP contribution is 2.27.